The van der Waals surface area contributed by atoms with Crippen LogP contribution in [0, 0.1) is 6.92 Å². The Bertz CT molecular complexity index is 313. The van der Waals surface area contributed by atoms with Crippen LogP contribution >= 0.6 is 0 Å². The van der Waals surface area contributed by atoms with Gasteiger partial charge >= 0.3 is 0 Å². The Balaban J connectivity index is 2.82. The molecular weight excluding hydrogens is 194 g/mol. The first-order chi connectivity index (χ1) is 6.50. The minimum atomic E-state index is -3.18. The monoisotopic (exact) mass is 206 g/mol. The molecule has 7 heteroatoms. The predicted molar refractivity (Wildman–Crippen MR) is 44.7 cm³/mol. The molecule has 0 aromatic carbocycles. The molecular formula is C7H12F2N4O. The largest absolute Gasteiger partial charge is 0.390 e. The van der Waals surface area contributed by atoms with E-state index in [1.54, 1.807) is 6.92 Å². The minimum Gasteiger partial charge on any atom is -0.390 e. The van der Waals surface area contributed by atoms with Crippen molar-refractivity contribution in [3.8, 4) is 0 Å². The van der Waals surface area contributed by atoms with E-state index >= 15 is 0 Å². The quantitative estimate of drug-likeness (QED) is 0.707. The molecule has 0 aliphatic carbocycles. The van der Waals surface area contributed by atoms with E-state index in [2.05, 4.69) is 10.3 Å². The van der Waals surface area contributed by atoms with Crippen LogP contribution in [0.15, 0.2) is 0 Å². The van der Waals surface area contributed by atoms with Gasteiger partial charge in [0.2, 0.25) is 0 Å². The van der Waals surface area contributed by atoms with Gasteiger partial charge in [0.25, 0.3) is 5.92 Å². The first-order valence-electron chi connectivity index (χ1n) is 4.08. The van der Waals surface area contributed by atoms with Crippen molar-refractivity contribution in [1.82, 2.24) is 15.0 Å². The molecule has 0 aliphatic rings. The van der Waals surface area contributed by atoms with Crippen LogP contribution in [0.25, 0.3) is 0 Å². The zero-order valence-electron chi connectivity index (χ0n) is 7.74. The van der Waals surface area contributed by atoms with Gasteiger partial charge in [0.05, 0.1) is 11.4 Å². The van der Waals surface area contributed by atoms with Crippen molar-refractivity contribution in [2.24, 2.45) is 5.73 Å². The number of nitrogens with zero attached hydrogens (tertiary/aromatic N) is 3. The lowest BCUT2D eigenvalue weighted by atomic mass is 10.3. The van der Waals surface area contributed by atoms with Crippen LogP contribution in [0.2, 0.25) is 0 Å². The summed E-state index contributed by atoms with van der Waals surface area (Å²) in [5, 5.41) is 15.5. The first kappa shape index (κ1) is 11.0. The van der Waals surface area contributed by atoms with E-state index in [0.29, 0.717) is 11.4 Å². The molecule has 0 radical (unpaired) electrons. The van der Waals surface area contributed by atoms with Crippen molar-refractivity contribution in [3.05, 3.63) is 11.4 Å². The van der Waals surface area contributed by atoms with Crippen molar-refractivity contribution in [3.63, 3.8) is 0 Å². The molecule has 0 spiro atoms. The molecule has 0 atom stereocenters. The number of hydrogen-bond acceptors (Lipinski definition) is 4. The van der Waals surface area contributed by atoms with Crippen LogP contribution in [0.1, 0.15) is 11.4 Å². The van der Waals surface area contributed by atoms with Gasteiger partial charge in [-0.15, -0.1) is 5.10 Å². The van der Waals surface area contributed by atoms with Gasteiger partial charge in [0.1, 0.15) is 13.2 Å². The van der Waals surface area contributed by atoms with Crippen LogP contribution in [-0.2, 0) is 13.1 Å². The molecule has 0 unspecified atom stereocenters. The Kier molecular flexibility index (Phi) is 3.12. The van der Waals surface area contributed by atoms with Crippen LogP contribution in [0.4, 0.5) is 8.78 Å². The summed E-state index contributed by atoms with van der Waals surface area (Å²) in [5.41, 5.74) is 6.29. The molecule has 1 aromatic rings. The van der Waals surface area contributed by atoms with Gasteiger partial charge in [-0.05, 0) is 6.92 Å². The van der Waals surface area contributed by atoms with E-state index in [9.17, 15) is 8.78 Å². The van der Waals surface area contributed by atoms with E-state index in [1.165, 1.54) is 0 Å². The highest BCUT2D eigenvalue weighted by Crippen LogP contribution is 2.16. The summed E-state index contributed by atoms with van der Waals surface area (Å²) in [7, 11) is 0. The summed E-state index contributed by atoms with van der Waals surface area (Å²) in [6.45, 7) is -0.112. The first-order valence-corrected chi connectivity index (χ1v) is 4.08. The third kappa shape index (κ3) is 2.24. The van der Waals surface area contributed by atoms with Crippen molar-refractivity contribution in [2.45, 2.75) is 25.9 Å². The Morgan fingerprint density at radius 2 is 2.21 bits per heavy atom. The lowest BCUT2D eigenvalue weighted by Gasteiger charge is -2.13. The highest BCUT2D eigenvalue weighted by molar-refractivity contribution is 5.07. The van der Waals surface area contributed by atoms with Crippen molar-refractivity contribution in [1.29, 1.82) is 0 Å². The summed E-state index contributed by atoms with van der Waals surface area (Å²) >= 11 is 0. The standard InChI is InChI=1S/C7H12F2N4O/c1-5-6(2-10)11-12-13(5)3-7(8,9)4-14/h14H,2-4,10H2,1H3. The van der Waals surface area contributed by atoms with Gasteiger partial charge in [-0.3, -0.25) is 0 Å². The maximum atomic E-state index is 12.8. The summed E-state index contributed by atoms with van der Waals surface area (Å²) < 4.78 is 26.6. The van der Waals surface area contributed by atoms with E-state index in [1.807, 2.05) is 0 Å². The number of alkyl halides is 2. The molecule has 0 saturated carbocycles. The molecule has 1 heterocycles. The maximum absolute atomic E-state index is 12.8. The molecule has 0 fully saturated rings. The molecule has 1 rings (SSSR count). The second-order valence-corrected chi connectivity index (χ2v) is 3.00. The van der Waals surface area contributed by atoms with E-state index < -0.39 is 19.1 Å². The Morgan fingerprint density at radius 1 is 1.57 bits per heavy atom. The fourth-order valence-electron chi connectivity index (χ4n) is 1.00. The highest BCUT2D eigenvalue weighted by atomic mass is 19.3. The normalized spacial score (nSPS) is 12.1. The van der Waals surface area contributed by atoms with Gasteiger partial charge in [-0.2, -0.15) is 0 Å². The number of aliphatic hydroxyl groups is 1. The van der Waals surface area contributed by atoms with E-state index in [4.69, 9.17) is 10.8 Å². The molecule has 5 nitrogen and oxygen atoms in total. The zero-order chi connectivity index (χ0) is 10.8. The van der Waals surface area contributed by atoms with Crippen LogP contribution in [0.3, 0.4) is 0 Å². The second kappa shape index (κ2) is 3.97. The Hall–Kier alpha value is -1.08. The van der Waals surface area contributed by atoms with Crippen molar-refractivity contribution < 1.29 is 13.9 Å². The minimum absolute atomic E-state index is 0.163. The van der Waals surface area contributed by atoms with Gasteiger partial charge < -0.3 is 10.8 Å². The molecule has 0 bridgehead atoms. The van der Waals surface area contributed by atoms with Gasteiger partial charge in [-0.25, -0.2) is 13.5 Å². The fraction of sp³-hybridized carbons (Fsp3) is 0.714. The number of rotatable bonds is 4. The average molecular weight is 206 g/mol. The predicted octanol–water partition coefficient (Wildman–Crippen LogP) is -0.327. The fourth-order valence-corrected chi connectivity index (χ4v) is 1.00. The van der Waals surface area contributed by atoms with Gasteiger partial charge in [-0.1, -0.05) is 5.21 Å². The summed E-state index contributed by atoms with van der Waals surface area (Å²) in [4.78, 5) is 0. The second-order valence-electron chi connectivity index (χ2n) is 3.00. The molecule has 0 amide bonds. The van der Waals surface area contributed by atoms with E-state index in [0.717, 1.165) is 4.68 Å². The summed E-state index contributed by atoms with van der Waals surface area (Å²) in [6.07, 6.45) is 0. The Labute approximate surface area is 79.5 Å². The van der Waals surface area contributed by atoms with Crippen LogP contribution < -0.4 is 5.73 Å². The highest BCUT2D eigenvalue weighted by Gasteiger charge is 2.29. The SMILES string of the molecule is Cc1c(CN)nnn1CC(F)(F)CO. The smallest absolute Gasteiger partial charge is 0.289 e. The molecule has 3 N–H and O–H groups in total. The third-order valence-corrected chi connectivity index (χ3v) is 1.88. The molecule has 0 saturated heterocycles. The van der Waals surface area contributed by atoms with E-state index in [-0.39, 0.29) is 6.54 Å². The van der Waals surface area contributed by atoms with Crippen LogP contribution in [-0.4, -0.2) is 32.6 Å². The lowest BCUT2D eigenvalue weighted by Crippen LogP contribution is -2.29. The number of nitrogens with two attached hydrogens (primary N) is 1. The Morgan fingerprint density at radius 3 is 2.64 bits per heavy atom. The topological polar surface area (TPSA) is 77.0 Å². The zero-order valence-corrected chi connectivity index (χ0v) is 7.74. The molecule has 80 valence electrons. The molecule has 1 aromatic heterocycles. The lowest BCUT2D eigenvalue weighted by molar-refractivity contribution is -0.0659. The summed E-state index contributed by atoms with van der Waals surface area (Å²) in [6, 6.07) is 0. The molecule has 14 heavy (non-hydrogen) atoms. The number of aliphatic hydroxyl groups excluding tert-OH is 1. The van der Waals surface area contributed by atoms with Crippen LogP contribution in [0.5, 0.6) is 0 Å². The molecule has 0 aliphatic heterocycles. The van der Waals surface area contributed by atoms with Crippen molar-refractivity contribution >= 4 is 0 Å². The summed E-state index contributed by atoms with van der Waals surface area (Å²) in [5.74, 6) is -3.18. The maximum Gasteiger partial charge on any atom is 0.289 e. The van der Waals surface area contributed by atoms with Crippen molar-refractivity contribution in [2.75, 3.05) is 6.61 Å². The average Bonchev–Trinajstić information content (AvgIpc) is 2.47. The van der Waals surface area contributed by atoms with Gasteiger partial charge in [0.15, 0.2) is 0 Å². The van der Waals surface area contributed by atoms with Gasteiger partial charge in [0, 0.05) is 6.54 Å². The number of halogens is 2. The number of aromatic nitrogens is 3. The third-order valence-electron chi connectivity index (χ3n) is 1.88. The number of hydrogen-bond donors (Lipinski definition) is 2.